The third-order valence-electron chi connectivity index (χ3n) is 1.54. The molecule has 0 radical (unpaired) electrons. The first-order valence-electron chi connectivity index (χ1n) is 3.99. The number of hydrazone groups is 1. The molecule has 5 heteroatoms. The standard InChI is InChI=1S/C9H11ClN4/c1-6-2-3-7(8(10)4-6)5-13-14-9(11)12/h2-5H,1H3,(H4,11,12,14)/b13-5+. The molecule has 1 rings (SSSR count). The molecule has 4 N–H and O–H groups in total. The SMILES string of the molecule is Cc1ccc(/C=N/NC(=N)N)c(Cl)c1. The molecule has 0 aromatic heterocycles. The summed E-state index contributed by atoms with van der Waals surface area (Å²) in [5.41, 5.74) is 9.22. The fourth-order valence-electron chi connectivity index (χ4n) is 0.908. The van der Waals surface area contributed by atoms with Crippen LogP contribution >= 0.6 is 11.6 Å². The van der Waals surface area contributed by atoms with Gasteiger partial charge in [0.2, 0.25) is 5.96 Å². The highest BCUT2D eigenvalue weighted by Crippen LogP contribution is 2.15. The molecule has 0 heterocycles. The van der Waals surface area contributed by atoms with Crippen LogP contribution in [0.15, 0.2) is 23.3 Å². The molecule has 1 aromatic rings. The molecule has 0 aliphatic heterocycles. The van der Waals surface area contributed by atoms with Crippen molar-refractivity contribution in [1.82, 2.24) is 5.43 Å². The molecule has 1 aromatic carbocycles. The first kappa shape index (κ1) is 10.5. The quantitative estimate of drug-likeness (QED) is 0.393. The lowest BCUT2D eigenvalue weighted by Crippen LogP contribution is -2.25. The number of nitrogens with one attached hydrogen (secondary N) is 2. The van der Waals surface area contributed by atoms with E-state index in [-0.39, 0.29) is 5.96 Å². The van der Waals surface area contributed by atoms with Crippen LogP contribution < -0.4 is 11.2 Å². The van der Waals surface area contributed by atoms with Gasteiger partial charge in [0.1, 0.15) is 0 Å². The van der Waals surface area contributed by atoms with Gasteiger partial charge in [0.15, 0.2) is 0 Å². The largest absolute Gasteiger partial charge is 0.369 e. The number of halogens is 1. The van der Waals surface area contributed by atoms with Gasteiger partial charge in [0.25, 0.3) is 0 Å². The van der Waals surface area contributed by atoms with Crippen molar-refractivity contribution in [2.45, 2.75) is 6.92 Å². The van der Waals surface area contributed by atoms with Crippen molar-refractivity contribution < 1.29 is 0 Å². The first-order chi connectivity index (χ1) is 6.59. The maximum Gasteiger partial charge on any atom is 0.206 e. The van der Waals surface area contributed by atoms with E-state index in [2.05, 4.69) is 10.5 Å². The molecule has 0 aliphatic carbocycles. The zero-order chi connectivity index (χ0) is 10.6. The molecule has 74 valence electrons. The van der Waals surface area contributed by atoms with Crippen LogP contribution in [0.3, 0.4) is 0 Å². The molecule has 4 nitrogen and oxygen atoms in total. The van der Waals surface area contributed by atoms with Crippen LogP contribution in [-0.4, -0.2) is 12.2 Å². The number of nitrogens with zero attached hydrogens (tertiary/aromatic N) is 1. The molecule has 0 atom stereocenters. The Morgan fingerprint density at radius 2 is 2.36 bits per heavy atom. The molecule has 0 saturated carbocycles. The fraction of sp³-hybridized carbons (Fsp3) is 0.111. The highest BCUT2D eigenvalue weighted by molar-refractivity contribution is 6.33. The Hall–Kier alpha value is -1.55. The summed E-state index contributed by atoms with van der Waals surface area (Å²) in [4.78, 5) is 0. The maximum atomic E-state index is 6.87. The van der Waals surface area contributed by atoms with Crippen molar-refractivity contribution in [2.75, 3.05) is 0 Å². The van der Waals surface area contributed by atoms with Crippen LogP contribution in [0.1, 0.15) is 11.1 Å². The molecule has 0 spiro atoms. The van der Waals surface area contributed by atoms with Crippen LogP contribution in [-0.2, 0) is 0 Å². The van der Waals surface area contributed by atoms with Gasteiger partial charge >= 0.3 is 0 Å². The Balaban J connectivity index is 2.76. The molecular weight excluding hydrogens is 200 g/mol. The number of nitrogens with two attached hydrogens (primary N) is 1. The minimum Gasteiger partial charge on any atom is -0.369 e. The van der Waals surface area contributed by atoms with E-state index in [0.717, 1.165) is 11.1 Å². The second-order valence-corrected chi connectivity index (χ2v) is 3.22. The van der Waals surface area contributed by atoms with E-state index in [1.54, 1.807) is 0 Å². The Kier molecular flexibility index (Phi) is 3.48. The summed E-state index contributed by atoms with van der Waals surface area (Å²) in [7, 11) is 0. The third kappa shape index (κ3) is 3.06. The highest BCUT2D eigenvalue weighted by Gasteiger charge is 1.96. The second kappa shape index (κ2) is 4.62. The van der Waals surface area contributed by atoms with Crippen LogP contribution in [0.2, 0.25) is 5.02 Å². The Labute approximate surface area is 87.3 Å². The van der Waals surface area contributed by atoms with Crippen molar-refractivity contribution in [3.8, 4) is 0 Å². The van der Waals surface area contributed by atoms with Gasteiger partial charge in [0, 0.05) is 10.6 Å². The van der Waals surface area contributed by atoms with Crippen molar-refractivity contribution >= 4 is 23.8 Å². The molecule has 0 unspecified atom stereocenters. The van der Waals surface area contributed by atoms with E-state index in [1.807, 2.05) is 25.1 Å². The summed E-state index contributed by atoms with van der Waals surface area (Å²) in [6, 6.07) is 5.63. The number of hydrogen-bond acceptors (Lipinski definition) is 2. The van der Waals surface area contributed by atoms with E-state index >= 15 is 0 Å². The summed E-state index contributed by atoms with van der Waals surface area (Å²) >= 11 is 5.94. The minimum absolute atomic E-state index is 0.204. The maximum absolute atomic E-state index is 6.87. The third-order valence-corrected chi connectivity index (χ3v) is 1.87. The number of guanidine groups is 1. The molecule has 0 saturated heterocycles. The Bertz CT molecular complexity index is 373. The summed E-state index contributed by atoms with van der Waals surface area (Å²) in [6.45, 7) is 1.96. The molecular formula is C9H11ClN4. The van der Waals surface area contributed by atoms with Gasteiger partial charge in [-0.3, -0.25) is 5.41 Å². The fourth-order valence-corrected chi connectivity index (χ4v) is 1.19. The van der Waals surface area contributed by atoms with Gasteiger partial charge in [-0.25, -0.2) is 5.43 Å². The first-order valence-corrected chi connectivity index (χ1v) is 4.36. The van der Waals surface area contributed by atoms with Crippen molar-refractivity contribution in [2.24, 2.45) is 10.8 Å². The predicted octanol–water partition coefficient (Wildman–Crippen LogP) is 1.47. The average molecular weight is 211 g/mol. The Morgan fingerprint density at radius 1 is 1.64 bits per heavy atom. The predicted molar refractivity (Wildman–Crippen MR) is 58.8 cm³/mol. The minimum atomic E-state index is -0.204. The van der Waals surface area contributed by atoms with Gasteiger partial charge < -0.3 is 5.73 Å². The number of benzene rings is 1. The Morgan fingerprint density at radius 3 is 2.93 bits per heavy atom. The highest BCUT2D eigenvalue weighted by atomic mass is 35.5. The number of aryl methyl sites for hydroxylation is 1. The monoisotopic (exact) mass is 210 g/mol. The summed E-state index contributed by atoms with van der Waals surface area (Å²) in [5, 5.41) is 11.2. The van der Waals surface area contributed by atoms with Crippen LogP contribution in [0.4, 0.5) is 0 Å². The lowest BCUT2D eigenvalue weighted by Gasteiger charge is -1.99. The normalized spacial score (nSPS) is 10.4. The van der Waals surface area contributed by atoms with Crippen molar-refractivity contribution in [3.05, 3.63) is 34.3 Å². The van der Waals surface area contributed by atoms with E-state index in [1.165, 1.54) is 6.21 Å². The number of hydrogen-bond donors (Lipinski definition) is 3. The second-order valence-electron chi connectivity index (χ2n) is 2.81. The van der Waals surface area contributed by atoms with Gasteiger partial charge in [-0.2, -0.15) is 5.10 Å². The van der Waals surface area contributed by atoms with Gasteiger partial charge in [0.05, 0.1) is 6.21 Å². The van der Waals surface area contributed by atoms with Crippen LogP contribution in [0, 0.1) is 12.3 Å². The average Bonchev–Trinajstić information content (AvgIpc) is 2.08. The molecule has 14 heavy (non-hydrogen) atoms. The summed E-state index contributed by atoms with van der Waals surface area (Å²) in [5.74, 6) is -0.204. The van der Waals surface area contributed by atoms with Crippen LogP contribution in [0.25, 0.3) is 0 Å². The molecule has 0 aliphatic rings. The van der Waals surface area contributed by atoms with Gasteiger partial charge in [-0.15, -0.1) is 0 Å². The van der Waals surface area contributed by atoms with E-state index < -0.39 is 0 Å². The molecule has 0 fully saturated rings. The lowest BCUT2D eigenvalue weighted by atomic mass is 10.2. The van der Waals surface area contributed by atoms with E-state index in [9.17, 15) is 0 Å². The van der Waals surface area contributed by atoms with E-state index in [0.29, 0.717) is 5.02 Å². The summed E-state index contributed by atoms with van der Waals surface area (Å²) < 4.78 is 0. The molecule has 0 amide bonds. The summed E-state index contributed by atoms with van der Waals surface area (Å²) in [6.07, 6.45) is 1.52. The van der Waals surface area contributed by atoms with Gasteiger partial charge in [-0.05, 0) is 18.6 Å². The smallest absolute Gasteiger partial charge is 0.206 e. The van der Waals surface area contributed by atoms with Crippen molar-refractivity contribution in [1.29, 1.82) is 5.41 Å². The van der Waals surface area contributed by atoms with Crippen LogP contribution in [0.5, 0.6) is 0 Å². The van der Waals surface area contributed by atoms with Crippen molar-refractivity contribution in [3.63, 3.8) is 0 Å². The topological polar surface area (TPSA) is 74.3 Å². The lowest BCUT2D eigenvalue weighted by molar-refractivity contribution is 1.00. The van der Waals surface area contributed by atoms with Gasteiger partial charge in [-0.1, -0.05) is 23.7 Å². The zero-order valence-electron chi connectivity index (χ0n) is 7.71. The molecule has 0 bridgehead atoms. The van der Waals surface area contributed by atoms with E-state index in [4.69, 9.17) is 22.7 Å². The zero-order valence-corrected chi connectivity index (χ0v) is 8.47. The number of rotatable bonds is 2.